The van der Waals surface area contributed by atoms with Crippen LogP contribution in [0.3, 0.4) is 0 Å². The van der Waals surface area contributed by atoms with E-state index in [9.17, 15) is 4.79 Å². The number of likely N-dealkylation sites (tertiary alicyclic amines) is 1. The van der Waals surface area contributed by atoms with Gasteiger partial charge in [0.2, 0.25) is 0 Å². The quantitative estimate of drug-likeness (QED) is 0.853. The number of thioether (sulfide) groups is 1. The van der Waals surface area contributed by atoms with Crippen LogP contribution >= 0.6 is 11.8 Å². The van der Waals surface area contributed by atoms with E-state index >= 15 is 0 Å². The third-order valence-electron chi connectivity index (χ3n) is 3.94. The first-order valence-electron chi connectivity index (χ1n) is 7.17. The molecule has 20 heavy (non-hydrogen) atoms. The van der Waals surface area contributed by atoms with Crippen molar-refractivity contribution in [2.45, 2.75) is 31.7 Å². The molecule has 0 spiro atoms. The van der Waals surface area contributed by atoms with Gasteiger partial charge in [0.25, 0.3) is 0 Å². The molecule has 2 fully saturated rings. The Bertz CT molecular complexity index is 435. The van der Waals surface area contributed by atoms with Gasteiger partial charge in [-0.3, -0.25) is 0 Å². The van der Waals surface area contributed by atoms with E-state index in [-0.39, 0.29) is 12.1 Å². The molecule has 2 aliphatic rings. The molecule has 0 radical (unpaired) electrons. The maximum Gasteiger partial charge on any atom is 0.317 e. The molecule has 3 rings (SSSR count). The van der Waals surface area contributed by atoms with Gasteiger partial charge in [0.15, 0.2) is 5.82 Å². The van der Waals surface area contributed by atoms with Crippen LogP contribution in [-0.2, 0) is 6.42 Å². The van der Waals surface area contributed by atoms with Crippen LogP contribution in [0.25, 0.3) is 0 Å². The highest BCUT2D eigenvalue weighted by molar-refractivity contribution is 8.00. The largest absolute Gasteiger partial charge is 0.338 e. The Kier molecular flexibility index (Phi) is 4.39. The van der Waals surface area contributed by atoms with Crippen molar-refractivity contribution < 1.29 is 4.79 Å². The smallest absolute Gasteiger partial charge is 0.317 e. The van der Waals surface area contributed by atoms with Crippen LogP contribution in [0.4, 0.5) is 4.79 Å². The molecule has 110 valence electrons. The number of carbonyl (C=O) groups is 1. The summed E-state index contributed by atoms with van der Waals surface area (Å²) in [5.41, 5.74) is 0. The van der Waals surface area contributed by atoms with Crippen molar-refractivity contribution in [3.05, 3.63) is 5.82 Å². The lowest BCUT2D eigenvalue weighted by Crippen LogP contribution is -2.51. The van der Waals surface area contributed by atoms with Gasteiger partial charge in [-0.15, -0.1) is 10.2 Å². The van der Waals surface area contributed by atoms with Crippen molar-refractivity contribution in [1.29, 1.82) is 0 Å². The first kappa shape index (κ1) is 13.7. The Labute approximate surface area is 122 Å². The number of rotatable bonds is 4. The number of H-pyrrole nitrogens is 1. The predicted molar refractivity (Wildman–Crippen MR) is 76.4 cm³/mol. The number of nitrogens with zero attached hydrogens (tertiary/aromatic N) is 4. The SMILES string of the molecule is O=C(NCC1CSC1)N1CCCCC1Cc1nn[nH]n1. The van der Waals surface area contributed by atoms with E-state index in [0.29, 0.717) is 18.2 Å². The van der Waals surface area contributed by atoms with Gasteiger partial charge in [-0.25, -0.2) is 4.79 Å². The van der Waals surface area contributed by atoms with Crippen LogP contribution in [0.5, 0.6) is 0 Å². The molecule has 2 saturated heterocycles. The zero-order valence-corrected chi connectivity index (χ0v) is 12.2. The number of urea groups is 1. The summed E-state index contributed by atoms with van der Waals surface area (Å²) in [7, 11) is 0. The van der Waals surface area contributed by atoms with Gasteiger partial charge >= 0.3 is 6.03 Å². The van der Waals surface area contributed by atoms with Crippen molar-refractivity contribution in [3.8, 4) is 0 Å². The zero-order chi connectivity index (χ0) is 13.8. The van der Waals surface area contributed by atoms with E-state index in [0.717, 1.165) is 32.4 Å². The Hall–Kier alpha value is -1.31. The maximum absolute atomic E-state index is 12.3. The van der Waals surface area contributed by atoms with Gasteiger partial charge in [-0.1, -0.05) is 5.21 Å². The number of aromatic nitrogens is 4. The highest BCUT2D eigenvalue weighted by Crippen LogP contribution is 2.24. The van der Waals surface area contributed by atoms with Crippen LogP contribution in [0.2, 0.25) is 0 Å². The lowest BCUT2D eigenvalue weighted by molar-refractivity contribution is 0.149. The van der Waals surface area contributed by atoms with Crippen molar-refractivity contribution in [2.24, 2.45) is 5.92 Å². The summed E-state index contributed by atoms with van der Waals surface area (Å²) in [6.45, 7) is 1.63. The standard InChI is InChI=1S/C12H20N6OS/c19-12(13-6-9-7-20-8-9)18-4-2-1-3-10(18)5-11-14-16-17-15-11/h9-10H,1-8H2,(H,13,19)(H,14,15,16,17). The molecule has 7 nitrogen and oxygen atoms in total. The highest BCUT2D eigenvalue weighted by atomic mass is 32.2. The number of hydrogen-bond donors (Lipinski definition) is 2. The van der Waals surface area contributed by atoms with Gasteiger partial charge in [0.05, 0.1) is 0 Å². The first-order valence-corrected chi connectivity index (χ1v) is 8.33. The van der Waals surface area contributed by atoms with Gasteiger partial charge in [-0.05, 0) is 36.7 Å². The second kappa shape index (κ2) is 6.43. The molecule has 3 heterocycles. The minimum Gasteiger partial charge on any atom is -0.338 e. The zero-order valence-electron chi connectivity index (χ0n) is 11.4. The van der Waals surface area contributed by atoms with Crippen LogP contribution in [0, 0.1) is 5.92 Å². The minimum atomic E-state index is 0.0649. The summed E-state index contributed by atoms with van der Waals surface area (Å²) >= 11 is 1.94. The topological polar surface area (TPSA) is 86.8 Å². The summed E-state index contributed by atoms with van der Waals surface area (Å²) in [5, 5.41) is 17.1. The lowest BCUT2D eigenvalue weighted by atomic mass is 9.99. The third kappa shape index (κ3) is 3.23. The Balaban J connectivity index is 1.54. The van der Waals surface area contributed by atoms with E-state index in [1.165, 1.54) is 11.5 Å². The molecular weight excluding hydrogens is 276 g/mol. The summed E-state index contributed by atoms with van der Waals surface area (Å²) in [4.78, 5) is 14.3. The number of hydrogen-bond acceptors (Lipinski definition) is 5. The van der Waals surface area contributed by atoms with Crippen LogP contribution < -0.4 is 5.32 Å². The summed E-state index contributed by atoms with van der Waals surface area (Å²) < 4.78 is 0. The molecule has 1 aromatic heterocycles. The van der Waals surface area contributed by atoms with Crippen molar-refractivity contribution >= 4 is 17.8 Å². The predicted octanol–water partition coefficient (Wildman–Crippen LogP) is 0.669. The Morgan fingerprint density at radius 2 is 2.35 bits per heavy atom. The second-order valence-electron chi connectivity index (χ2n) is 5.46. The molecule has 0 saturated carbocycles. The van der Waals surface area contributed by atoms with Crippen molar-refractivity contribution in [2.75, 3.05) is 24.6 Å². The fourth-order valence-corrected chi connectivity index (χ4v) is 3.50. The van der Waals surface area contributed by atoms with Crippen LogP contribution in [0.15, 0.2) is 0 Å². The molecule has 1 aromatic rings. The van der Waals surface area contributed by atoms with Gasteiger partial charge in [0, 0.05) is 25.6 Å². The number of piperidine rings is 1. The van der Waals surface area contributed by atoms with E-state index in [4.69, 9.17) is 0 Å². The highest BCUT2D eigenvalue weighted by Gasteiger charge is 2.28. The second-order valence-corrected chi connectivity index (χ2v) is 6.54. The Morgan fingerprint density at radius 3 is 3.05 bits per heavy atom. The monoisotopic (exact) mass is 296 g/mol. The molecule has 8 heteroatoms. The third-order valence-corrected chi connectivity index (χ3v) is 5.36. The van der Waals surface area contributed by atoms with Crippen molar-refractivity contribution in [1.82, 2.24) is 30.8 Å². The van der Waals surface area contributed by atoms with Gasteiger partial charge in [-0.2, -0.15) is 17.0 Å². The number of tetrazole rings is 1. The summed E-state index contributed by atoms with van der Waals surface area (Å²) in [6.07, 6.45) is 3.94. The Morgan fingerprint density at radius 1 is 1.45 bits per heavy atom. The molecule has 0 aromatic carbocycles. The van der Waals surface area contributed by atoms with E-state index < -0.39 is 0 Å². The molecule has 1 atom stereocenters. The van der Waals surface area contributed by atoms with Crippen LogP contribution in [-0.4, -0.2) is 62.2 Å². The summed E-state index contributed by atoms with van der Waals surface area (Å²) in [6, 6.07) is 0.257. The number of amides is 2. The van der Waals surface area contributed by atoms with E-state index in [2.05, 4.69) is 25.9 Å². The molecule has 0 bridgehead atoms. The van der Waals surface area contributed by atoms with E-state index in [1.807, 2.05) is 16.7 Å². The number of carbonyl (C=O) groups excluding carboxylic acids is 1. The van der Waals surface area contributed by atoms with Gasteiger partial charge < -0.3 is 10.2 Å². The average Bonchev–Trinajstić information content (AvgIpc) is 2.90. The molecule has 2 N–H and O–H groups in total. The van der Waals surface area contributed by atoms with Crippen molar-refractivity contribution in [3.63, 3.8) is 0 Å². The van der Waals surface area contributed by atoms with Gasteiger partial charge in [0.1, 0.15) is 0 Å². The first-order chi connectivity index (χ1) is 9.83. The molecule has 1 unspecified atom stereocenters. The average molecular weight is 296 g/mol. The van der Waals surface area contributed by atoms with Crippen LogP contribution in [0.1, 0.15) is 25.1 Å². The lowest BCUT2D eigenvalue weighted by Gasteiger charge is -2.36. The molecule has 0 aliphatic carbocycles. The molecule has 2 amide bonds. The fourth-order valence-electron chi connectivity index (χ4n) is 2.70. The number of nitrogens with one attached hydrogen (secondary N) is 2. The maximum atomic E-state index is 12.3. The van der Waals surface area contributed by atoms with E-state index in [1.54, 1.807) is 0 Å². The summed E-state index contributed by atoms with van der Waals surface area (Å²) in [5.74, 6) is 3.69. The molecular formula is C12H20N6OS. The number of aromatic amines is 1. The normalized spacial score (nSPS) is 23.4. The molecule has 2 aliphatic heterocycles. The minimum absolute atomic E-state index is 0.0649. The fraction of sp³-hybridized carbons (Fsp3) is 0.833.